The normalized spacial score (nSPS) is 8.93. The third kappa shape index (κ3) is 3.75. The number of hydrogen-bond donors (Lipinski definition) is 1. The number of rotatable bonds is 3. The van der Waals surface area contributed by atoms with Crippen LogP contribution in [0.15, 0.2) is 12.1 Å². The van der Waals surface area contributed by atoms with Gasteiger partial charge in [0.15, 0.2) is 0 Å². The van der Waals surface area contributed by atoms with Gasteiger partial charge in [0.1, 0.15) is 0 Å². The second-order valence-electron chi connectivity index (χ2n) is 2.65. The first-order valence-electron chi connectivity index (χ1n) is 4.93. The summed E-state index contributed by atoms with van der Waals surface area (Å²) < 4.78 is 5.13. The van der Waals surface area contributed by atoms with Crippen molar-refractivity contribution in [3.8, 4) is 5.88 Å². The molecule has 82 valence electrons. The molecule has 0 unspecified atom stereocenters. The molecule has 1 heterocycles. The molecule has 0 atom stereocenters. The summed E-state index contributed by atoms with van der Waals surface area (Å²) in [7, 11) is 3.54. The number of aromatic nitrogens is 1. The number of methoxy groups -OCH3 is 1. The van der Waals surface area contributed by atoms with E-state index in [1.54, 1.807) is 7.11 Å². The Balaban J connectivity index is 0. The van der Waals surface area contributed by atoms with E-state index in [4.69, 9.17) is 4.74 Å². The lowest BCUT2D eigenvalue weighted by Crippen LogP contribution is -2.07. The predicted molar refractivity (Wildman–Crippen MR) is 61.8 cm³/mol. The molecule has 1 N–H and O–H groups in total. The van der Waals surface area contributed by atoms with Crippen LogP contribution in [0.1, 0.15) is 26.5 Å². The zero-order chi connectivity index (χ0) is 11.0. The minimum Gasteiger partial charge on any atom is -0.481 e. The van der Waals surface area contributed by atoms with Crippen LogP contribution in [0.25, 0.3) is 0 Å². The van der Waals surface area contributed by atoms with E-state index >= 15 is 0 Å². The number of ether oxygens (including phenoxy) is 1. The number of aryl methyl sites for hydroxylation is 1. The summed E-state index contributed by atoms with van der Waals surface area (Å²) in [6, 6.07) is 4.01. The minimum atomic E-state index is 0. The molecule has 0 fully saturated rings. The van der Waals surface area contributed by atoms with Gasteiger partial charge in [0.05, 0.1) is 7.11 Å². The van der Waals surface area contributed by atoms with E-state index in [0.29, 0.717) is 5.88 Å². The summed E-state index contributed by atoms with van der Waals surface area (Å²) in [5, 5.41) is 3.06. The van der Waals surface area contributed by atoms with E-state index in [0.717, 1.165) is 17.8 Å². The van der Waals surface area contributed by atoms with Crippen LogP contribution in [-0.2, 0) is 6.54 Å². The SMILES string of the molecule is CC.CNCc1ccc(C)nc1OC.[HH]. The number of nitrogens with zero attached hydrogens (tertiary/aromatic N) is 1. The molecule has 14 heavy (non-hydrogen) atoms. The van der Waals surface area contributed by atoms with Crippen molar-refractivity contribution in [2.75, 3.05) is 14.2 Å². The summed E-state index contributed by atoms with van der Waals surface area (Å²) in [4.78, 5) is 4.25. The van der Waals surface area contributed by atoms with Gasteiger partial charge in [0, 0.05) is 19.2 Å². The fraction of sp³-hybridized carbons (Fsp3) is 0.545. The molecule has 1 aromatic rings. The van der Waals surface area contributed by atoms with Gasteiger partial charge in [-0.15, -0.1) is 0 Å². The van der Waals surface area contributed by atoms with Crippen LogP contribution in [0.3, 0.4) is 0 Å². The van der Waals surface area contributed by atoms with Crippen LogP contribution >= 0.6 is 0 Å². The fourth-order valence-corrected chi connectivity index (χ4v) is 1.06. The van der Waals surface area contributed by atoms with Crippen LogP contribution in [-0.4, -0.2) is 19.1 Å². The van der Waals surface area contributed by atoms with Crippen LogP contribution in [0.4, 0.5) is 0 Å². The molecule has 3 heteroatoms. The minimum absolute atomic E-state index is 0. The highest BCUT2D eigenvalue weighted by molar-refractivity contribution is 5.27. The maximum atomic E-state index is 5.13. The van der Waals surface area contributed by atoms with Crippen molar-refractivity contribution in [3.05, 3.63) is 23.4 Å². The molecule has 0 radical (unpaired) electrons. The van der Waals surface area contributed by atoms with Crippen LogP contribution in [0, 0.1) is 6.92 Å². The molecule has 0 amide bonds. The van der Waals surface area contributed by atoms with Gasteiger partial charge < -0.3 is 10.1 Å². The molecule has 0 saturated carbocycles. The van der Waals surface area contributed by atoms with E-state index < -0.39 is 0 Å². The predicted octanol–water partition coefficient (Wildman–Crippen LogP) is 2.39. The molecule has 0 aromatic carbocycles. The van der Waals surface area contributed by atoms with Crippen molar-refractivity contribution < 1.29 is 6.16 Å². The highest BCUT2D eigenvalue weighted by atomic mass is 16.5. The molecule has 0 aliphatic heterocycles. The summed E-state index contributed by atoms with van der Waals surface area (Å²) in [5.41, 5.74) is 2.07. The molecule has 0 aliphatic carbocycles. The Morgan fingerprint density at radius 3 is 2.57 bits per heavy atom. The third-order valence-corrected chi connectivity index (χ3v) is 1.64. The first-order valence-corrected chi connectivity index (χ1v) is 4.93. The Morgan fingerprint density at radius 1 is 1.43 bits per heavy atom. The smallest absolute Gasteiger partial charge is 0.217 e. The van der Waals surface area contributed by atoms with Gasteiger partial charge in [-0.05, 0) is 20.0 Å². The lowest BCUT2D eigenvalue weighted by atomic mass is 10.2. The number of pyridine rings is 1. The zero-order valence-corrected chi connectivity index (χ0v) is 9.72. The quantitative estimate of drug-likeness (QED) is 0.809. The molecule has 0 saturated heterocycles. The molecule has 3 nitrogen and oxygen atoms in total. The maximum Gasteiger partial charge on any atom is 0.217 e. The van der Waals surface area contributed by atoms with Crippen molar-refractivity contribution >= 4 is 0 Å². The molecule has 0 bridgehead atoms. The van der Waals surface area contributed by atoms with E-state index in [1.165, 1.54) is 0 Å². The standard InChI is InChI=1S/C9H14N2O.C2H6.H2/c1-7-4-5-8(6-10-2)9(11-7)12-3;1-2;/h4-5,10H,6H2,1-3H3;1-2H3;1H. The van der Waals surface area contributed by atoms with Crippen molar-refractivity contribution in [1.82, 2.24) is 10.3 Å². The monoisotopic (exact) mass is 198 g/mol. The van der Waals surface area contributed by atoms with E-state index in [9.17, 15) is 0 Å². The Kier molecular flexibility index (Phi) is 6.76. The highest BCUT2D eigenvalue weighted by Gasteiger charge is 2.02. The third-order valence-electron chi connectivity index (χ3n) is 1.64. The van der Waals surface area contributed by atoms with Crippen LogP contribution in [0.5, 0.6) is 5.88 Å². The van der Waals surface area contributed by atoms with Gasteiger partial charge >= 0.3 is 0 Å². The van der Waals surface area contributed by atoms with Gasteiger partial charge in [-0.1, -0.05) is 19.9 Å². The van der Waals surface area contributed by atoms with Gasteiger partial charge in [-0.3, -0.25) is 0 Å². The number of nitrogens with one attached hydrogen (secondary N) is 1. The van der Waals surface area contributed by atoms with Crippen molar-refractivity contribution in [2.45, 2.75) is 27.3 Å². The maximum absolute atomic E-state index is 5.13. The van der Waals surface area contributed by atoms with Crippen molar-refractivity contribution in [3.63, 3.8) is 0 Å². The largest absolute Gasteiger partial charge is 0.481 e. The molecule has 0 spiro atoms. The molecule has 0 aliphatic rings. The topological polar surface area (TPSA) is 34.2 Å². The van der Waals surface area contributed by atoms with Gasteiger partial charge in [-0.2, -0.15) is 0 Å². The highest BCUT2D eigenvalue weighted by Crippen LogP contribution is 2.14. The van der Waals surface area contributed by atoms with Crippen LogP contribution in [0.2, 0.25) is 0 Å². The zero-order valence-electron chi connectivity index (χ0n) is 9.72. The summed E-state index contributed by atoms with van der Waals surface area (Å²) in [6.45, 7) is 6.74. The molecular formula is C11H22N2O. The first-order chi connectivity index (χ1) is 6.77. The van der Waals surface area contributed by atoms with Gasteiger partial charge in [0.2, 0.25) is 5.88 Å². The van der Waals surface area contributed by atoms with E-state index in [-0.39, 0.29) is 1.43 Å². The summed E-state index contributed by atoms with van der Waals surface area (Å²) >= 11 is 0. The van der Waals surface area contributed by atoms with E-state index in [2.05, 4.69) is 10.3 Å². The molecule has 1 rings (SSSR count). The van der Waals surface area contributed by atoms with Crippen molar-refractivity contribution in [2.24, 2.45) is 0 Å². The number of hydrogen-bond acceptors (Lipinski definition) is 3. The van der Waals surface area contributed by atoms with Crippen LogP contribution < -0.4 is 10.1 Å². The Morgan fingerprint density at radius 2 is 2.07 bits per heavy atom. The Labute approximate surface area is 88.0 Å². The van der Waals surface area contributed by atoms with Gasteiger partial charge in [-0.25, -0.2) is 4.98 Å². The fourth-order valence-electron chi connectivity index (χ4n) is 1.06. The van der Waals surface area contributed by atoms with Gasteiger partial charge in [0.25, 0.3) is 0 Å². The lowest BCUT2D eigenvalue weighted by molar-refractivity contribution is 0.390. The second-order valence-corrected chi connectivity index (χ2v) is 2.65. The van der Waals surface area contributed by atoms with E-state index in [1.807, 2.05) is 40.0 Å². The molecular weight excluding hydrogens is 176 g/mol. The average Bonchev–Trinajstić information content (AvgIpc) is 2.24. The Hall–Kier alpha value is -1.09. The summed E-state index contributed by atoms with van der Waals surface area (Å²) in [6.07, 6.45) is 0. The average molecular weight is 198 g/mol. The van der Waals surface area contributed by atoms with Crippen molar-refractivity contribution in [1.29, 1.82) is 0 Å². The summed E-state index contributed by atoms with van der Waals surface area (Å²) in [5.74, 6) is 0.712. The Bertz CT molecular complexity index is 267. The second kappa shape index (κ2) is 7.33. The first kappa shape index (κ1) is 12.9. The lowest BCUT2D eigenvalue weighted by Gasteiger charge is -2.06. The molecule has 1 aromatic heterocycles.